The lowest BCUT2D eigenvalue weighted by atomic mass is 10.1. The van der Waals surface area contributed by atoms with E-state index < -0.39 is 0 Å². The van der Waals surface area contributed by atoms with Crippen LogP contribution in [0.5, 0.6) is 11.5 Å². The maximum absolute atomic E-state index is 12.2. The lowest BCUT2D eigenvalue weighted by Crippen LogP contribution is -2.30. The number of ether oxygens (including phenoxy) is 2. The average Bonchev–Trinajstić information content (AvgIpc) is 2.67. The number of carbonyl (C=O) groups excluding carboxylic acids is 1. The molecule has 1 heterocycles. The standard InChI is InChI=1S/C22H24N2O3/c1-15-6-4-5-7-17(15)10-11-23-22(25)14-27-21-12-16(2)24-20-9-8-18(26-3)13-19(20)21/h4-9,12-13H,10-11,14H2,1-3H3,(H,23,25). The Kier molecular flexibility index (Phi) is 5.91. The van der Waals surface area contributed by atoms with Crippen molar-refractivity contribution in [3.63, 3.8) is 0 Å². The number of carbonyl (C=O) groups is 1. The Balaban J connectivity index is 1.60. The van der Waals surface area contributed by atoms with Gasteiger partial charge in [-0.2, -0.15) is 0 Å². The SMILES string of the molecule is COc1ccc2nc(C)cc(OCC(=O)NCCc3ccccc3C)c2c1. The molecule has 0 saturated carbocycles. The fourth-order valence-corrected chi connectivity index (χ4v) is 2.97. The summed E-state index contributed by atoms with van der Waals surface area (Å²) < 4.78 is 11.1. The highest BCUT2D eigenvalue weighted by Crippen LogP contribution is 2.28. The van der Waals surface area contributed by atoms with Gasteiger partial charge < -0.3 is 14.8 Å². The van der Waals surface area contributed by atoms with Crippen molar-refractivity contribution in [1.82, 2.24) is 10.3 Å². The van der Waals surface area contributed by atoms with E-state index in [9.17, 15) is 4.79 Å². The van der Waals surface area contributed by atoms with Crippen LogP contribution in [0, 0.1) is 13.8 Å². The Bertz CT molecular complexity index is 953. The molecule has 5 heteroatoms. The minimum Gasteiger partial charge on any atom is -0.497 e. The van der Waals surface area contributed by atoms with Gasteiger partial charge >= 0.3 is 0 Å². The van der Waals surface area contributed by atoms with Crippen molar-refractivity contribution >= 4 is 16.8 Å². The van der Waals surface area contributed by atoms with Crippen molar-refractivity contribution in [2.45, 2.75) is 20.3 Å². The van der Waals surface area contributed by atoms with Gasteiger partial charge in [-0.3, -0.25) is 9.78 Å². The molecule has 0 spiro atoms. The van der Waals surface area contributed by atoms with Crippen LogP contribution in [0.3, 0.4) is 0 Å². The summed E-state index contributed by atoms with van der Waals surface area (Å²) in [4.78, 5) is 16.7. The van der Waals surface area contributed by atoms with Gasteiger partial charge in [-0.1, -0.05) is 24.3 Å². The minimum atomic E-state index is -0.144. The summed E-state index contributed by atoms with van der Waals surface area (Å²) >= 11 is 0. The molecule has 2 aromatic carbocycles. The summed E-state index contributed by atoms with van der Waals surface area (Å²) in [6, 6.07) is 15.6. The van der Waals surface area contributed by atoms with E-state index in [2.05, 4.69) is 29.4 Å². The summed E-state index contributed by atoms with van der Waals surface area (Å²) in [5, 5.41) is 3.74. The van der Waals surface area contributed by atoms with E-state index in [4.69, 9.17) is 9.47 Å². The molecule has 5 nitrogen and oxygen atoms in total. The number of hydrogen-bond donors (Lipinski definition) is 1. The molecule has 0 aliphatic carbocycles. The van der Waals surface area contributed by atoms with Crippen molar-refractivity contribution in [2.75, 3.05) is 20.3 Å². The van der Waals surface area contributed by atoms with Crippen molar-refractivity contribution < 1.29 is 14.3 Å². The Morgan fingerprint density at radius 2 is 1.93 bits per heavy atom. The number of rotatable bonds is 7. The fraction of sp³-hybridized carbons (Fsp3) is 0.273. The number of nitrogens with one attached hydrogen (secondary N) is 1. The number of nitrogens with zero attached hydrogens (tertiary/aromatic N) is 1. The largest absolute Gasteiger partial charge is 0.497 e. The molecular formula is C22H24N2O3. The summed E-state index contributed by atoms with van der Waals surface area (Å²) in [5.74, 6) is 1.21. The predicted octanol–water partition coefficient (Wildman–Crippen LogP) is 3.60. The zero-order valence-electron chi connectivity index (χ0n) is 15.9. The van der Waals surface area contributed by atoms with Crippen LogP contribution in [0.4, 0.5) is 0 Å². The molecule has 3 aromatic rings. The zero-order valence-corrected chi connectivity index (χ0v) is 15.9. The van der Waals surface area contributed by atoms with Gasteiger partial charge in [0.25, 0.3) is 5.91 Å². The van der Waals surface area contributed by atoms with Crippen molar-refractivity contribution in [3.05, 3.63) is 65.4 Å². The fourth-order valence-electron chi connectivity index (χ4n) is 2.97. The van der Waals surface area contributed by atoms with Gasteiger partial charge in [-0.15, -0.1) is 0 Å². The first kappa shape index (κ1) is 18.7. The molecule has 0 aliphatic heterocycles. The first-order valence-electron chi connectivity index (χ1n) is 8.96. The highest BCUT2D eigenvalue weighted by Gasteiger charge is 2.09. The van der Waals surface area contributed by atoms with Gasteiger partial charge in [0.2, 0.25) is 0 Å². The lowest BCUT2D eigenvalue weighted by molar-refractivity contribution is -0.123. The van der Waals surface area contributed by atoms with Crippen LogP contribution in [0.1, 0.15) is 16.8 Å². The third-order valence-corrected chi connectivity index (χ3v) is 4.44. The smallest absolute Gasteiger partial charge is 0.257 e. The number of methoxy groups -OCH3 is 1. The molecular weight excluding hydrogens is 340 g/mol. The van der Waals surface area contributed by atoms with Crippen molar-refractivity contribution in [2.24, 2.45) is 0 Å². The van der Waals surface area contributed by atoms with Gasteiger partial charge in [0.05, 0.1) is 12.6 Å². The monoisotopic (exact) mass is 364 g/mol. The van der Waals surface area contributed by atoms with Crippen LogP contribution < -0.4 is 14.8 Å². The number of fused-ring (bicyclic) bond motifs is 1. The molecule has 0 radical (unpaired) electrons. The molecule has 27 heavy (non-hydrogen) atoms. The van der Waals surface area contributed by atoms with E-state index in [1.165, 1.54) is 11.1 Å². The Morgan fingerprint density at radius 3 is 2.70 bits per heavy atom. The van der Waals surface area contributed by atoms with Gasteiger partial charge in [-0.05, 0) is 49.6 Å². The highest BCUT2D eigenvalue weighted by atomic mass is 16.5. The number of amides is 1. The quantitative estimate of drug-likeness (QED) is 0.696. The molecule has 3 rings (SSSR count). The second-order valence-electron chi connectivity index (χ2n) is 6.46. The van der Waals surface area contributed by atoms with Crippen LogP contribution in [-0.2, 0) is 11.2 Å². The number of aromatic nitrogens is 1. The Labute approximate surface area is 159 Å². The normalized spacial score (nSPS) is 10.6. The average molecular weight is 364 g/mol. The molecule has 1 N–H and O–H groups in total. The van der Waals surface area contributed by atoms with Crippen LogP contribution >= 0.6 is 0 Å². The summed E-state index contributed by atoms with van der Waals surface area (Å²) in [6.45, 7) is 4.52. The van der Waals surface area contributed by atoms with Gasteiger partial charge in [-0.25, -0.2) is 0 Å². The van der Waals surface area contributed by atoms with E-state index in [-0.39, 0.29) is 12.5 Å². The molecule has 0 fully saturated rings. The van der Waals surface area contributed by atoms with Gasteiger partial charge in [0.15, 0.2) is 6.61 Å². The summed E-state index contributed by atoms with van der Waals surface area (Å²) in [6.07, 6.45) is 0.799. The van der Waals surface area contributed by atoms with Gasteiger partial charge in [0.1, 0.15) is 11.5 Å². The van der Waals surface area contributed by atoms with Gasteiger partial charge in [0, 0.05) is 23.7 Å². The zero-order chi connectivity index (χ0) is 19.2. The van der Waals surface area contributed by atoms with E-state index in [0.29, 0.717) is 12.3 Å². The van der Waals surface area contributed by atoms with E-state index >= 15 is 0 Å². The first-order chi connectivity index (χ1) is 13.1. The van der Waals surface area contributed by atoms with Crippen molar-refractivity contribution in [3.8, 4) is 11.5 Å². The van der Waals surface area contributed by atoms with Crippen LogP contribution in [0.25, 0.3) is 10.9 Å². The van der Waals surface area contributed by atoms with Crippen molar-refractivity contribution in [1.29, 1.82) is 0 Å². The third-order valence-electron chi connectivity index (χ3n) is 4.44. The molecule has 1 aromatic heterocycles. The molecule has 0 saturated heterocycles. The highest BCUT2D eigenvalue weighted by molar-refractivity contribution is 5.87. The maximum Gasteiger partial charge on any atom is 0.257 e. The predicted molar refractivity (Wildman–Crippen MR) is 106 cm³/mol. The van der Waals surface area contributed by atoms with Crippen LogP contribution in [0.2, 0.25) is 0 Å². The second kappa shape index (κ2) is 8.54. The number of aryl methyl sites for hydroxylation is 2. The Hall–Kier alpha value is -3.08. The minimum absolute atomic E-state index is 0.0382. The Morgan fingerprint density at radius 1 is 1.11 bits per heavy atom. The van der Waals surface area contributed by atoms with Crippen LogP contribution in [-0.4, -0.2) is 31.2 Å². The third kappa shape index (κ3) is 4.76. The lowest BCUT2D eigenvalue weighted by Gasteiger charge is -2.12. The number of pyridine rings is 1. The number of benzene rings is 2. The summed E-state index contributed by atoms with van der Waals surface area (Å²) in [7, 11) is 1.62. The molecule has 0 bridgehead atoms. The van der Waals surface area contributed by atoms with Crippen LogP contribution in [0.15, 0.2) is 48.5 Å². The molecule has 0 atom stereocenters. The molecule has 1 amide bonds. The van der Waals surface area contributed by atoms with E-state index in [1.807, 2.05) is 43.3 Å². The summed E-state index contributed by atoms with van der Waals surface area (Å²) in [5.41, 5.74) is 4.12. The molecule has 140 valence electrons. The van der Waals surface area contributed by atoms with E-state index in [0.717, 1.165) is 28.8 Å². The second-order valence-corrected chi connectivity index (χ2v) is 6.46. The maximum atomic E-state index is 12.2. The molecule has 0 unspecified atom stereocenters. The number of hydrogen-bond acceptors (Lipinski definition) is 4. The topological polar surface area (TPSA) is 60.5 Å². The first-order valence-corrected chi connectivity index (χ1v) is 8.96. The molecule has 0 aliphatic rings. The van der Waals surface area contributed by atoms with E-state index in [1.54, 1.807) is 7.11 Å².